The Morgan fingerprint density at radius 3 is 2.07 bits per heavy atom. The van der Waals surface area contributed by atoms with E-state index in [1.807, 2.05) is 47.1 Å². The molecule has 0 aliphatic carbocycles. The van der Waals surface area contributed by atoms with E-state index in [4.69, 9.17) is 23.7 Å². The second-order valence-electron chi connectivity index (χ2n) is 6.71. The fourth-order valence-electron chi connectivity index (χ4n) is 3.68. The van der Waals surface area contributed by atoms with E-state index in [0.29, 0.717) is 28.7 Å². The molecule has 2 aromatic heterocycles. The van der Waals surface area contributed by atoms with Crippen LogP contribution in [0.5, 0.6) is 28.7 Å². The molecule has 0 unspecified atom stereocenters. The first-order valence-electron chi connectivity index (χ1n) is 9.27. The van der Waals surface area contributed by atoms with Crippen molar-refractivity contribution < 1.29 is 32.9 Å². The van der Waals surface area contributed by atoms with Crippen molar-refractivity contribution in [1.82, 2.24) is 0 Å². The first-order chi connectivity index (χ1) is 14.5. The third kappa shape index (κ3) is 3.08. The Hall–Kier alpha value is -3.74. The summed E-state index contributed by atoms with van der Waals surface area (Å²) in [6.45, 7) is 1.35. The van der Waals surface area contributed by atoms with Crippen molar-refractivity contribution in [2.75, 3.05) is 28.4 Å². The Morgan fingerprint density at radius 1 is 0.767 bits per heavy atom. The minimum Gasteiger partial charge on any atom is -0.493 e. The summed E-state index contributed by atoms with van der Waals surface area (Å²) in [5, 5.41) is 3.56. The van der Waals surface area contributed by atoms with Crippen LogP contribution in [0.3, 0.4) is 0 Å². The minimum atomic E-state index is -0.441. The van der Waals surface area contributed by atoms with Gasteiger partial charge in [-0.1, -0.05) is 0 Å². The highest BCUT2D eigenvalue weighted by atomic mass is 16.6. The quantitative estimate of drug-likeness (QED) is 0.165. The van der Waals surface area contributed by atoms with Crippen molar-refractivity contribution in [1.29, 1.82) is 0 Å². The fourth-order valence-corrected chi connectivity index (χ4v) is 3.68. The standard InChI is InChI=1S/C23H22NO6/c1-13(25)30-22-17-12-24-7-6-14-9-19(26-2)20(27-3)11-16(14)18(24)8-15(17)10-21(28-4)23(22)29-5/h6-12H,1-5H3/q+1. The molecule has 2 heterocycles. The highest BCUT2D eigenvalue weighted by molar-refractivity contribution is 6.01. The Morgan fingerprint density at radius 2 is 1.43 bits per heavy atom. The lowest BCUT2D eigenvalue weighted by molar-refractivity contribution is -0.509. The Balaban J connectivity index is 2.11. The molecule has 7 nitrogen and oxygen atoms in total. The van der Waals surface area contributed by atoms with Crippen LogP contribution < -0.4 is 28.1 Å². The van der Waals surface area contributed by atoms with Crippen LogP contribution in [0.25, 0.3) is 27.1 Å². The number of nitrogens with zero attached hydrogens (tertiary/aromatic N) is 1. The number of aromatic nitrogens is 1. The van der Waals surface area contributed by atoms with Gasteiger partial charge in [0.1, 0.15) is 0 Å². The summed E-state index contributed by atoms with van der Waals surface area (Å²) in [5.41, 5.74) is 0.946. The number of rotatable bonds is 5. The molecule has 4 rings (SSSR count). The molecule has 0 saturated carbocycles. The first-order valence-corrected chi connectivity index (χ1v) is 9.27. The largest absolute Gasteiger partial charge is 0.493 e. The summed E-state index contributed by atoms with van der Waals surface area (Å²) in [7, 11) is 6.28. The van der Waals surface area contributed by atoms with Gasteiger partial charge in [-0.25, -0.2) is 0 Å². The van der Waals surface area contributed by atoms with E-state index in [1.54, 1.807) is 21.3 Å². The molecule has 7 heteroatoms. The molecule has 0 fully saturated rings. The third-order valence-corrected chi connectivity index (χ3v) is 5.03. The SMILES string of the molecule is COc1cc2cc[n+]3cc4c(OC(C)=O)c(OC)c(OC)cc4cc3c2cc1OC. The molecule has 2 aromatic carbocycles. The van der Waals surface area contributed by atoms with Gasteiger partial charge in [-0.05, 0) is 23.6 Å². The molecule has 0 atom stereocenters. The smallest absolute Gasteiger partial charge is 0.308 e. The highest BCUT2D eigenvalue weighted by Crippen LogP contribution is 2.44. The average Bonchev–Trinajstić information content (AvgIpc) is 2.76. The van der Waals surface area contributed by atoms with E-state index >= 15 is 0 Å². The number of esters is 1. The second-order valence-corrected chi connectivity index (χ2v) is 6.71. The normalized spacial score (nSPS) is 11.0. The Bertz CT molecular complexity index is 1300. The minimum absolute atomic E-state index is 0.321. The summed E-state index contributed by atoms with van der Waals surface area (Å²) in [6, 6.07) is 9.75. The van der Waals surface area contributed by atoms with Gasteiger partial charge in [-0.2, -0.15) is 4.40 Å². The van der Waals surface area contributed by atoms with Crippen LogP contribution in [0.2, 0.25) is 0 Å². The average molecular weight is 408 g/mol. The maximum absolute atomic E-state index is 11.7. The summed E-state index contributed by atoms with van der Waals surface area (Å²) in [5.74, 6) is 2.03. The van der Waals surface area contributed by atoms with Crippen molar-refractivity contribution in [2.45, 2.75) is 6.92 Å². The van der Waals surface area contributed by atoms with E-state index in [2.05, 4.69) is 0 Å². The Kier molecular flexibility index (Phi) is 4.95. The molecule has 0 radical (unpaired) electrons. The molecule has 4 aromatic rings. The van der Waals surface area contributed by atoms with Crippen LogP contribution in [0.4, 0.5) is 0 Å². The lowest BCUT2D eigenvalue weighted by Crippen LogP contribution is -2.21. The number of hydrogen-bond acceptors (Lipinski definition) is 6. The number of pyridine rings is 2. The van der Waals surface area contributed by atoms with Crippen LogP contribution in [0, 0.1) is 0 Å². The molecule has 0 aliphatic rings. The number of benzene rings is 2. The van der Waals surface area contributed by atoms with Gasteiger partial charge in [-0.3, -0.25) is 4.79 Å². The number of carbonyl (C=O) groups excluding carboxylic acids is 1. The van der Waals surface area contributed by atoms with Crippen LogP contribution in [-0.2, 0) is 4.79 Å². The molecule has 0 N–H and O–H groups in total. The van der Waals surface area contributed by atoms with Gasteiger partial charge in [0.05, 0.1) is 39.2 Å². The molecule has 0 spiro atoms. The Labute approximate surface area is 173 Å². The summed E-state index contributed by atoms with van der Waals surface area (Å²) in [4.78, 5) is 11.7. The maximum Gasteiger partial charge on any atom is 0.308 e. The topological polar surface area (TPSA) is 67.3 Å². The molecule has 30 heavy (non-hydrogen) atoms. The van der Waals surface area contributed by atoms with E-state index in [1.165, 1.54) is 14.0 Å². The first kappa shape index (κ1) is 19.6. The molecule has 0 saturated heterocycles. The van der Waals surface area contributed by atoms with Crippen LogP contribution in [0.1, 0.15) is 6.92 Å². The summed E-state index contributed by atoms with van der Waals surface area (Å²) < 4.78 is 29.3. The van der Waals surface area contributed by atoms with E-state index < -0.39 is 5.97 Å². The zero-order valence-electron chi connectivity index (χ0n) is 17.4. The molecule has 0 bridgehead atoms. The van der Waals surface area contributed by atoms with Gasteiger partial charge in [-0.15, -0.1) is 0 Å². The van der Waals surface area contributed by atoms with Crippen LogP contribution in [0.15, 0.2) is 42.7 Å². The lowest BCUT2D eigenvalue weighted by atomic mass is 10.1. The monoisotopic (exact) mass is 408 g/mol. The van der Waals surface area contributed by atoms with Crippen molar-refractivity contribution in [3.05, 3.63) is 42.7 Å². The van der Waals surface area contributed by atoms with E-state index in [9.17, 15) is 4.79 Å². The van der Waals surface area contributed by atoms with Gasteiger partial charge in [0.25, 0.3) is 0 Å². The summed E-state index contributed by atoms with van der Waals surface area (Å²) in [6.07, 6.45) is 3.85. The second kappa shape index (κ2) is 7.59. The predicted octanol–water partition coefficient (Wildman–Crippen LogP) is 3.69. The fraction of sp³-hybridized carbons (Fsp3) is 0.217. The number of fused-ring (bicyclic) bond motifs is 4. The van der Waals surface area contributed by atoms with Crippen LogP contribution >= 0.6 is 0 Å². The van der Waals surface area contributed by atoms with Crippen molar-refractivity contribution in [2.24, 2.45) is 0 Å². The summed E-state index contributed by atoms with van der Waals surface area (Å²) >= 11 is 0. The zero-order valence-corrected chi connectivity index (χ0v) is 17.4. The molecule has 0 aliphatic heterocycles. The van der Waals surface area contributed by atoms with Gasteiger partial charge < -0.3 is 23.7 Å². The predicted molar refractivity (Wildman–Crippen MR) is 112 cm³/mol. The highest BCUT2D eigenvalue weighted by Gasteiger charge is 2.22. The van der Waals surface area contributed by atoms with Gasteiger partial charge in [0, 0.05) is 24.4 Å². The maximum atomic E-state index is 11.7. The van der Waals surface area contributed by atoms with Gasteiger partial charge >= 0.3 is 5.97 Å². The van der Waals surface area contributed by atoms with Crippen molar-refractivity contribution in [3.8, 4) is 28.7 Å². The lowest BCUT2D eigenvalue weighted by Gasteiger charge is -2.14. The molecule has 0 amide bonds. The van der Waals surface area contributed by atoms with Gasteiger partial charge in [0.15, 0.2) is 35.4 Å². The molecule has 154 valence electrons. The molecular formula is C23H22NO6+. The number of hydrogen-bond donors (Lipinski definition) is 0. The number of ether oxygens (including phenoxy) is 5. The number of carbonyl (C=O) groups is 1. The van der Waals surface area contributed by atoms with Crippen molar-refractivity contribution in [3.63, 3.8) is 0 Å². The van der Waals surface area contributed by atoms with Crippen molar-refractivity contribution >= 4 is 33.0 Å². The van der Waals surface area contributed by atoms with Gasteiger partial charge in [0.2, 0.25) is 11.3 Å². The number of methoxy groups -OCH3 is 4. The van der Waals surface area contributed by atoms with Crippen LogP contribution in [-0.4, -0.2) is 34.4 Å². The van der Waals surface area contributed by atoms with E-state index in [-0.39, 0.29) is 0 Å². The third-order valence-electron chi connectivity index (χ3n) is 5.03. The molecular weight excluding hydrogens is 386 g/mol. The van der Waals surface area contributed by atoms with E-state index in [0.717, 1.165) is 27.1 Å². The zero-order chi connectivity index (χ0) is 21.4.